The lowest BCUT2D eigenvalue weighted by Crippen LogP contribution is -2.49. The number of rotatable bonds is 4. The molecule has 1 amide bonds. The summed E-state index contributed by atoms with van der Waals surface area (Å²) in [6.07, 6.45) is 8.22. The molecule has 2 aliphatic rings. The summed E-state index contributed by atoms with van der Waals surface area (Å²) in [5, 5.41) is 13.9. The Bertz CT molecular complexity index is 755. The standard InChI is InChI=1S/C17H23N5O2/c1-10-2-5-13(8-22(10)17(23)24)21-16-14-12(6-11-3-4-11)7-18-15(14)19-9-20-16/h7,9-11,13H,2-6,8H2,1H3,(H,23,24)(H2,18,19,20,21)/t10-,13+/m0/s1. The van der Waals surface area contributed by atoms with E-state index in [1.807, 2.05) is 13.1 Å². The number of likely N-dealkylation sites (tertiary alicyclic amines) is 1. The quantitative estimate of drug-likeness (QED) is 0.802. The second-order valence-electron chi connectivity index (χ2n) is 7.11. The molecule has 4 rings (SSSR count). The molecule has 2 aromatic rings. The average molecular weight is 329 g/mol. The van der Waals surface area contributed by atoms with Crippen molar-refractivity contribution in [2.24, 2.45) is 5.92 Å². The third-order valence-corrected chi connectivity index (χ3v) is 5.23. The summed E-state index contributed by atoms with van der Waals surface area (Å²) in [7, 11) is 0. The van der Waals surface area contributed by atoms with Crippen LogP contribution in [0.25, 0.3) is 11.0 Å². The van der Waals surface area contributed by atoms with Crippen LogP contribution in [-0.2, 0) is 6.42 Å². The number of aromatic amines is 1. The van der Waals surface area contributed by atoms with Gasteiger partial charge in [-0.05, 0) is 50.5 Å². The van der Waals surface area contributed by atoms with Gasteiger partial charge in [0.05, 0.1) is 5.39 Å². The molecule has 7 nitrogen and oxygen atoms in total. The van der Waals surface area contributed by atoms with Gasteiger partial charge in [-0.3, -0.25) is 0 Å². The number of fused-ring (bicyclic) bond motifs is 1. The van der Waals surface area contributed by atoms with Crippen LogP contribution in [0.15, 0.2) is 12.5 Å². The zero-order valence-corrected chi connectivity index (χ0v) is 13.8. The minimum atomic E-state index is -0.849. The largest absolute Gasteiger partial charge is 0.465 e. The molecule has 0 unspecified atom stereocenters. The minimum absolute atomic E-state index is 0.0728. The number of nitrogens with zero attached hydrogens (tertiary/aromatic N) is 3. The van der Waals surface area contributed by atoms with E-state index in [9.17, 15) is 9.90 Å². The molecule has 3 N–H and O–H groups in total. The smallest absolute Gasteiger partial charge is 0.407 e. The predicted molar refractivity (Wildman–Crippen MR) is 91.2 cm³/mol. The predicted octanol–water partition coefficient (Wildman–Crippen LogP) is 2.85. The number of amides is 1. The number of piperidine rings is 1. The average Bonchev–Trinajstić information content (AvgIpc) is 3.28. The zero-order chi connectivity index (χ0) is 16.7. The molecule has 128 valence electrons. The summed E-state index contributed by atoms with van der Waals surface area (Å²) in [5.41, 5.74) is 2.11. The molecule has 0 bridgehead atoms. The van der Waals surface area contributed by atoms with Crippen LogP contribution in [0.2, 0.25) is 0 Å². The Labute approximate surface area is 140 Å². The number of H-pyrrole nitrogens is 1. The normalized spacial score (nSPS) is 24.3. The van der Waals surface area contributed by atoms with E-state index in [1.165, 1.54) is 23.3 Å². The number of hydrogen-bond acceptors (Lipinski definition) is 4. The van der Waals surface area contributed by atoms with Crippen LogP contribution in [0.1, 0.15) is 38.2 Å². The molecule has 0 radical (unpaired) electrons. The Balaban J connectivity index is 1.57. The van der Waals surface area contributed by atoms with Crippen molar-refractivity contribution in [2.75, 3.05) is 11.9 Å². The highest BCUT2D eigenvalue weighted by molar-refractivity contribution is 5.90. The number of carboxylic acid groups (broad SMARTS) is 1. The third kappa shape index (κ3) is 2.90. The van der Waals surface area contributed by atoms with E-state index in [2.05, 4.69) is 20.3 Å². The first kappa shape index (κ1) is 15.2. The summed E-state index contributed by atoms with van der Waals surface area (Å²) < 4.78 is 0. The fourth-order valence-corrected chi connectivity index (χ4v) is 3.61. The van der Waals surface area contributed by atoms with Crippen LogP contribution in [0, 0.1) is 5.92 Å². The van der Waals surface area contributed by atoms with Crippen LogP contribution >= 0.6 is 0 Å². The summed E-state index contributed by atoms with van der Waals surface area (Å²) in [6, 6.07) is 0.155. The van der Waals surface area contributed by atoms with Crippen molar-refractivity contribution in [3.63, 3.8) is 0 Å². The van der Waals surface area contributed by atoms with Crippen LogP contribution < -0.4 is 5.32 Å². The number of hydrogen-bond donors (Lipinski definition) is 3. The van der Waals surface area contributed by atoms with Crippen molar-refractivity contribution >= 4 is 22.9 Å². The van der Waals surface area contributed by atoms with Crippen molar-refractivity contribution in [1.82, 2.24) is 19.9 Å². The lowest BCUT2D eigenvalue weighted by Gasteiger charge is -2.36. The molecule has 0 aromatic carbocycles. The Morgan fingerprint density at radius 1 is 1.38 bits per heavy atom. The van der Waals surface area contributed by atoms with Gasteiger partial charge in [-0.25, -0.2) is 14.8 Å². The molecular weight excluding hydrogens is 306 g/mol. The van der Waals surface area contributed by atoms with Crippen molar-refractivity contribution < 1.29 is 9.90 Å². The highest BCUT2D eigenvalue weighted by Gasteiger charge is 2.30. The van der Waals surface area contributed by atoms with Crippen LogP contribution in [0.4, 0.5) is 10.6 Å². The Morgan fingerprint density at radius 2 is 2.21 bits per heavy atom. The molecule has 7 heteroatoms. The fraction of sp³-hybridized carbons (Fsp3) is 0.588. The second kappa shape index (κ2) is 5.96. The summed E-state index contributed by atoms with van der Waals surface area (Å²) >= 11 is 0. The molecule has 24 heavy (non-hydrogen) atoms. The molecule has 3 heterocycles. The Hall–Kier alpha value is -2.31. The third-order valence-electron chi connectivity index (χ3n) is 5.23. The van der Waals surface area contributed by atoms with E-state index in [1.54, 1.807) is 6.33 Å². The van der Waals surface area contributed by atoms with Gasteiger partial charge in [-0.15, -0.1) is 0 Å². The van der Waals surface area contributed by atoms with Gasteiger partial charge >= 0.3 is 6.09 Å². The van der Waals surface area contributed by atoms with Gasteiger partial charge in [-0.2, -0.15) is 0 Å². The van der Waals surface area contributed by atoms with Crippen LogP contribution in [0.3, 0.4) is 0 Å². The molecule has 2 aromatic heterocycles. The molecule has 1 aliphatic carbocycles. The van der Waals surface area contributed by atoms with E-state index in [-0.39, 0.29) is 12.1 Å². The minimum Gasteiger partial charge on any atom is -0.465 e. The summed E-state index contributed by atoms with van der Waals surface area (Å²) in [6.45, 7) is 2.46. The van der Waals surface area contributed by atoms with Crippen molar-refractivity contribution in [3.05, 3.63) is 18.1 Å². The lowest BCUT2D eigenvalue weighted by atomic mass is 9.99. The van der Waals surface area contributed by atoms with Gasteiger partial charge in [0, 0.05) is 24.8 Å². The molecule has 1 saturated carbocycles. The maximum absolute atomic E-state index is 11.4. The second-order valence-corrected chi connectivity index (χ2v) is 7.11. The first-order valence-electron chi connectivity index (χ1n) is 8.69. The summed E-state index contributed by atoms with van der Waals surface area (Å²) in [5.74, 6) is 1.61. The van der Waals surface area contributed by atoms with Gasteiger partial charge in [0.2, 0.25) is 0 Å². The molecular formula is C17H23N5O2. The molecule has 2 atom stereocenters. The van der Waals surface area contributed by atoms with Gasteiger partial charge < -0.3 is 20.3 Å². The van der Waals surface area contributed by atoms with Gasteiger partial charge in [0.1, 0.15) is 17.8 Å². The highest BCUT2D eigenvalue weighted by atomic mass is 16.4. The van der Waals surface area contributed by atoms with Gasteiger partial charge in [0.25, 0.3) is 0 Å². The first-order valence-corrected chi connectivity index (χ1v) is 8.69. The highest BCUT2D eigenvalue weighted by Crippen LogP contribution is 2.36. The van der Waals surface area contributed by atoms with E-state index < -0.39 is 6.09 Å². The topological polar surface area (TPSA) is 94.1 Å². The molecule has 2 fully saturated rings. The first-order chi connectivity index (χ1) is 11.6. The number of aromatic nitrogens is 3. The molecule has 1 aliphatic heterocycles. The lowest BCUT2D eigenvalue weighted by molar-refractivity contribution is 0.108. The van der Waals surface area contributed by atoms with Gasteiger partial charge in [-0.1, -0.05) is 0 Å². The van der Waals surface area contributed by atoms with Crippen molar-refractivity contribution in [1.29, 1.82) is 0 Å². The van der Waals surface area contributed by atoms with Crippen molar-refractivity contribution in [3.8, 4) is 0 Å². The van der Waals surface area contributed by atoms with Crippen LogP contribution in [0.5, 0.6) is 0 Å². The number of anilines is 1. The van der Waals surface area contributed by atoms with E-state index in [0.29, 0.717) is 6.54 Å². The zero-order valence-electron chi connectivity index (χ0n) is 13.8. The maximum atomic E-state index is 11.4. The van der Waals surface area contributed by atoms with Gasteiger partial charge in [0.15, 0.2) is 0 Å². The molecule has 0 spiro atoms. The van der Waals surface area contributed by atoms with E-state index in [0.717, 1.165) is 42.0 Å². The van der Waals surface area contributed by atoms with E-state index >= 15 is 0 Å². The Morgan fingerprint density at radius 3 is 2.96 bits per heavy atom. The monoisotopic (exact) mass is 329 g/mol. The maximum Gasteiger partial charge on any atom is 0.407 e. The summed E-state index contributed by atoms with van der Waals surface area (Å²) in [4.78, 5) is 24.9. The Kier molecular flexibility index (Phi) is 3.78. The SMILES string of the molecule is C[C@H]1CC[C@@H](Nc2ncnc3[nH]cc(CC4CC4)c23)CN1C(=O)O. The molecule has 1 saturated heterocycles. The van der Waals surface area contributed by atoms with Crippen molar-refractivity contribution in [2.45, 2.75) is 51.1 Å². The number of nitrogens with one attached hydrogen (secondary N) is 2. The van der Waals surface area contributed by atoms with E-state index in [4.69, 9.17) is 0 Å². The number of carbonyl (C=O) groups is 1. The fourth-order valence-electron chi connectivity index (χ4n) is 3.61. The van der Waals surface area contributed by atoms with Crippen LogP contribution in [-0.4, -0.2) is 49.7 Å².